The molecule has 6 heteroatoms. The molecule has 0 radical (unpaired) electrons. The molecule has 2 aromatic rings. The standard InChI is InChI=1S/C11H12N4OS/c1-6-3-4-8(9(12)5-6)10(16)13-11-15-14-7(2)17-11/h3-5H,12H2,1-2H3,(H,13,15,16). The van der Waals surface area contributed by atoms with E-state index in [1.165, 1.54) is 11.3 Å². The Labute approximate surface area is 103 Å². The number of hydrogen-bond donors (Lipinski definition) is 2. The lowest BCUT2D eigenvalue weighted by atomic mass is 10.1. The summed E-state index contributed by atoms with van der Waals surface area (Å²) in [7, 11) is 0. The van der Waals surface area contributed by atoms with Crippen molar-refractivity contribution in [3.8, 4) is 0 Å². The third-order valence-corrected chi connectivity index (χ3v) is 2.95. The molecule has 3 N–H and O–H groups in total. The van der Waals surface area contributed by atoms with Crippen LogP contribution in [-0.4, -0.2) is 16.1 Å². The number of hydrogen-bond acceptors (Lipinski definition) is 5. The molecule has 88 valence electrons. The van der Waals surface area contributed by atoms with E-state index in [4.69, 9.17) is 5.73 Å². The molecule has 0 saturated heterocycles. The van der Waals surface area contributed by atoms with Gasteiger partial charge in [0.05, 0.1) is 5.56 Å². The molecule has 0 aliphatic heterocycles. The number of rotatable bonds is 2. The number of benzene rings is 1. The molecule has 0 aliphatic rings. The van der Waals surface area contributed by atoms with Crippen LogP contribution in [0.1, 0.15) is 20.9 Å². The average molecular weight is 248 g/mol. The number of nitrogen functional groups attached to an aromatic ring is 1. The van der Waals surface area contributed by atoms with E-state index in [0.717, 1.165) is 10.6 Å². The molecule has 0 spiro atoms. The number of amides is 1. The van der Waals surface area contributed by atoms with E-state index in [-0.39, 0.29) is 5.91 Å². The fourth-order valence-corrected chi connectivity index (χ4v) is 1.99. The molecular weight excluding hydrogens is 236 g/mol. The highest BCUT2D eigenvalue weighted by atomic mass is 32.1. The van der Waals surface area contributed by atoms with Gasteiger partial charge in [-0.15, -0.1) is 10.2 Å². The van der Waals surface area contributed by atoms with Gasteiger partial charge in [0.25, 0.3) is 5.91 Å². The lowest BCUT2D eigenvalue weighted by Crippen LogP contribution is -2.14. The van der Waals surface area contributed by atoms with E-state index < -0.39 is 0 Å². The van der Waals surface area contributed by atoms with Gasteiger partial charge in [0.15, 0.2) is 0 Å². The molecule has 0 unspecified atom stereocenters. The van der Waals surface area contributed by atoms with Gasteiger partial charge in [-0.2, -0.15) is 0 Å². The molecule has 1 amide bonds. The predicted octanol–water partition coefficient (Wildman–Crippen LogP) is 1.99. The molecule has 5 nitrogen and oxygen atoms in total. The summed E-state index contributed by atoms with van der Waals surface area (Å²) in [4.78, 5) is 11.9. The second-order valence-corrected chi connectivity index (χ2v) is 4.85. The molecule has 0 aliphatic carbocycles. The van der Waals surface area contributed by atoms with E-state index >= 15 is 0 Å². The van der Waals surface area contributed by atoms with Crippen molar-refractivity contribution in [2.24, 2.45) is 0 Å². The summed E-state index contributed by atoms with van der Waals surface area (Å²) >= 11 is 1.32. The quantitative estimate of drug-likeness (QED) is 0.796. The van der Waals surface area contributed by atoms with Crippen molar-refractivity contribution in [2.45, 2.75) is 13.8 Å². The highest BCUT2D eigenvalue weighted by Crippen LogP contribution is 2.18. The summed E-state index contributed by atoms with van der Waals surface area (Å²) in [6.07, 6.45) is 0. The molecule has 17 heavy (non-hydrogen) atoms. The fraction of sp³-hybridized carbons (Fsp3) is 0.182. The zero-order valence-corrected chi connectivity index (χ0v) is 10.3. The first-order valence-corrected chi connectivity index (χ1v) is 5.85. The highest BCUT2D eigenvalue weighted by molar-refractivity contribution is 7.15. The second kappa shape index (κ2) is 4.50. The Balaban J connectivity index is 2.20. The van der Waals surface area contributed by atoms with Gasteiger partial charge in [-0.1, -0.05) is 17.4 Å². The largest absolute Gasteiger partial charge is 0.398 e. The van der Waals surface area contributed by atoms with Crippen LogP contribution >= 0.6 is 11.3 Å². The van der Waals surface area contributed by atoms with Crippen molar-refractivity contribution in [1.29, 1.82) is 0 Å². The SMILES string of the molecule is Cc1ccc(C(=O)Nc2nnc(C)s2)c(N)c1. The van der Waals surface area contributed by atoms with E-state index in [0.29, 0.717) is 16.4 Å². The molecule has 0 atom stereocenters. The van der Waals surface area contributed by atoms with Crippen LogP contribution in [0.5, 0.6) is 0 Å². The Morgan fingerprint density at radius 1 is 1.35 bits per heavy atom. The van der Waals surface area contributed by atoms with Gasteiger partial charge in [0, 0.05) is 5.69 Å². The predicted molar refractivity (Wildman–Crippen MR) is 68.2 cm³/mol. The van der Waals surface area contributed by atoms with Crippen LogP contribution in [0.25, 0.3) is 0 Å². The Morgan fingerprint density at radius 3 is 2.71 bits per heavy atom. The molecule has 2 rings (SSSR count). The summed E-state index contributed by atoms with van der Waals surface area (Å²) in [5, 5.41) is 11.6. The Hall–Kier alpha value is -1.95. The first-order chi connectivity index (χ1) is 8.06. The van der Waals surface area contributed by atoms with Gasteiger partial charge in [-0.25, -0.2) is 0 Å². The highest BCUT2D eigenvalue weighted by Gasteiger charge is 2.11. The van der Waals surface area contributed by atoms with Gasteiger partial charge in [0.2, 0.25) is 5.13 Å². The summed E-state index contributed by atoms with van der Waals surface area (Å²) in [5.74, 6) is -0.265. The third kappa shape index (κ3) is 2.59. The zero-order valence-electron chi connectivity index (χ0n) is 9.52. The van der Waals surface area contributed by atoms with Crippen LogP contribution in [0.3, 0.4) is 0 Å². The molecule has 0 fully saturated rings. The van der Waals surface area contributed by atoms with Crippen LogP contribution in [0.2, 0.25) is 0 Å². The summed E-state index contributed by atoms with van der Waals surface area (Å²) in [6.45, 7) is 3.75. The van der Waals surface area contributed by atoms with Gasteiger partial charge in [0.1, 0.15) is 5.01 Å². The first kappa shape index (κ1) is 11.5. The molecule has 1 heterocycles. The fourth-order valence-electron chi connectivity index (χ4n) is 1.40. The number of anilines is 2. The van der Waals surface area contributed by atoms with Gasteiger partial charge in [-0.05, 0) is 31.5 Å². The monoisotopic (exact) mass is 248 g/mol. The number of nitrogens with zero attached hydrogens (tertiary/aromatic N) is 2. The second-order valence-electron chi connectivity index (χ2n) is 3.67. The van der Waals surface area contributed by atoms with Crippen LogP contribution in [0.15, 0.2) is 18.2 Å². The van der Waals surface area contributed by atoms with Crippen LogP contribution in [0.4, 0.5) is 10.8 Å². The summed E-state index contributed by atoms with van der Waals surface area (Å²) in [6, 6.07) is 5.31. The van der Waals surface area contributed by atoms with E-state index in [1.807, 2.05) is 19.9 Å². The summed E-state index contributed by atoms with van der Waals surface area (Å²) in [5.41, 5.74) is 7.72. The van der Waals surface area contributed by atoms with Gasteiger partial charge >= 0.3 is 0 Å². The number of carbonyl (C=O) groups is 1. The van der Waals surface area contributed by atoms with E-state index in [9.17, 15) is 4.79 Å². The van der Waals surface area contributed by atoms with Crippen molar-refractivity contribution in [3.63, 3.8) is 0 Å². The van der Waals surface area contributed by atoms with Crippen molar-refractivity contribution in [2.75, 3.05) is 11.1 Å². The molecular formula is C11H12N4OS. The van der Waals surface area contributed by atoms with Crippen LogP contribution in [-0.2, 0) is 0 Å². The maximum atomic E-state index is 11.9. The van der Waals surface area contributed by atoms with E-state index in [1.54, 1.807) is 12.1 Å². The Morgan fingerprint density at radius 2 is 2.12 bits per heavy atom. The maximum absolute atomic E-state index is 11.9. The van der Waals surface area contributed by atoms with Gasteiger partial charge < -0.3 is 5.73 Å². The van der Waals surface area contributed by atoms with Crippen LogP contribution in [0, 0.1) is 13.8 Å². The summed E-state index contributed by atoms with van der Waals surface area (Å²) < 4.78 is 0. The average Bonchev–Trinajstić information content (AvgIpc) is 2.63. The van der Waals surface area contributed by atoms with Crippen molar-refractivity contribution in [1.82, 2.24) is 10.2 Å². The van der Waals surface area contributed by atoms with Crippen molar-refractivity contribution in [3.05, 3.63) is 34.3 Å². The van der Waals surface area contributed by atoms with Crippen LogP contribution < -0.4 is 11.1 Å². The topological polar surface area (TPSA) is 80.9 Å². The minimum Gasteiger partial charge on any atom is -0.398 e. The molecule has 1 aromatic heterocycles. The molecule has 0 bridgehead atoms. The lowest BCUT2D eigenvalue weighted by molar-refractivity contribution is 0.102. The normalized spacial score (nSPS) is 10.2. The van der Waals surface area contributed by atoms with Crippen molar-refractivity contribution >= 4 is 28.1 Å². The number of aryl methyl sites for hydroxylation is 2. The Kier molecular flexibility index (Phi) is 3.06. The van der Waals surface area contributed by atoms with Crippen molar-refractivity contribution < 1.29 is 4.79 Å². The number of nitrogens with two attached hydrogens (primary N) is 1. The molecule has 0 saturated carbocycles. The smallest absolute Gasteiger partial charge is 0.259 e. The third-order valence-electron chi connectivity index (χ3n) is 2.20. The minimum absolute atomic E-state index is 0.265. The zero-order chi connectivity index (χ0) is 12.4. The van der Waals surface area contributed by atoms with Gasteiger partial charge in [-0.3, -0.25) is 10.1 Å². The number of aromatic nitrogens is 2. The lowest BCUT2D eigenvalue weighted by Gasteiger charge is -2.05. The maximum Gasteiger partial charge on any atom is 0.259 e. The molecule has 1 aromatic carbocycles. The first-order valence-electron chi connectivity index (χ1n) is 5.04. The Bertz CT molecular complexity index is 564. The minimum atomic E-state index is -0.265. The van der Waals surface area contributed by atoms with E-state index in [2.05, 4.69) is 15.5 Å². The number of nitrogens with one attached hydrogen (secondary N) is 1. The number of carbonyl (C=O) groups excluding carboxylic acids is 1.